The van der Waals surface area contributed by atoms with Crippen LogP contribution in [0.1, 0.15) is 39.0 Å². The molecule has 0 radical (unpaired) electrons. The van der Waals surface area contributed by atoms with E-state index in [4.69, 9.17) is 4.74 Å². The summed E-state index contributed by atoms with van der Waals surface area (Å²) in [7, 11) is 0. The molecule has 2 fully saturated rings. The number of hydrogen-bond acceptors (Lipinski definition) is 3. The van der Waals surface area contributed by atoms with Gasteiger partial charge in [-0.15, -0.1) is 0 Å². The maximum absolute atomic E-state index is 11.7. The van der Waals surface area contributed by atoms with Crippen molar-refractivity contribution in [2.45, 2.75) is 50.6 Å². The molecule has 1 aliphatic carbocycles. The van der Waals surface area contributed by atoms with Gasteiger partial charge in [-0.25, -0.2) is 0 Å². The normalized spacial score (nSPS) is 24.8. The van der Waals surface area contributed by atoms with Gasteiger partial charge in [-0.3, -0.25) is 4.79 Å². The van der Waals surface area contributed by atoms with E-state index in [1.807, 2.05) is 0 Å². The Kier molecular flexibility index (Phi) is 3.82. The highest BCUT2D eigenvalue weighted by molar-refractivity contribution is 5.78. The molecule has 2 aliphatic rings. The van der Waals surface area contributed by atoms with E-state index in [-0.39, 0.29) is 11.4 Å². The summed E-state index contributed by atoms with van der Waals surface area (Å²) in [5, 5.41) is 6.40. The first-order valence-corrected chi connectivity index (χ1v) is 6.30. The fourth-order valence-corrected chi connectivity index (χ4v) is 2.30. The van der Waals surface area contributed by atoms with Crippen LogP contribution in [-0.4, -0.2) is 37.2 Å². The van der Waals surface area contributed by atoms with E-state index in [9.17, 15) is 4.79 Å². The molecule has 0 bridgehead atoms. The van der Waals surface area contributed by atoms with E-state index in [0.29, 0.717) is 12.6 Å². The van der Waals surface area contributed by atoms with Crippen LogP contribution in [0.5, 0.6) is 0 Å². The third-order valence-electron chi connectivity index (χ3n) is 3.72. The number of nitrogens with one attached hydrogen (secondary N) is 2. The van der Waals surface area contributed by atoms with Crippen molar-refractivity contribution >= 4 is 5.91 Å². The van der Waals surface area contributed by atoms with E-state index in [2.05, 4.69) is 17.6 Å². The number of amides is 1. The average molecular weight is 226 g/mol. The van der Waals surface area contributed by atoms with Crippen LogP contribution in [0.4, 0.5) is 0 Å². The van der Waals surface area contributed by atoms with Gasteiger partial charge in [-0.2, -0.15) is 0 Å². The quantitative estimate of drug-likeness (QED) is 0.746. The standard InChI is InChI=1S/C12H22N2O2/c1-12(5-2-6-12)13-9-11(15)14-10-3-7-16-8-4-10/h10,13H,2-9H2,1H3,(H,14,15). The van der Waals surface area contributed by atoms with E-state index in [1.165, 1.54) is 19.3 Å². The zero-order valence-corrected chi connectivity index (χ0v) is 10.1. The van der Waals surface area contributed by atoms with Crippen LogP contribution in [0, 0.1) is 0 Å². The zero-order valence-electron chi connectivity index (χ0n) is 10.1. The molecule has 1 aliphatic heterocycles. The summed E-state index contributed by atoms with van der Waals surface area (Å²) < 4.78 is 5.26. The minimum atomic E-state index is 0.125. The monoisotopic (exact) mass is 226 g/mol. The molecule has 4 nitrogen and oxygen atoms in total. The summed E-state index contributed by atoms with van der Waals surface area (Å²) in [6, 6.07) is 0.317. The van der Waals surface area contributed by atoms with Gasteiger partial charge in [-0.05, 0) is 39.0 Å². The van der Waals surface area contributed by atoms with Gasteiger partial charge in [0, 0.05) is 24.8 Å². The lowest BCUT2D eigenvalue weighted by Gasteiger charge is -2.39. The molecule has 0 aromatic carbocycles. The molecule has 92 valence electrons. The van der Waals surface area contributed by atoms with E-state index in [1.54, 1.807) is 0 Å². The Balaban J connectivity index is 1.63. The second kappa shape index (κ2) is 5.15. The summed E-state index contributed by atoms with van der Waals surface area (Å²) in [6.07, 6.45) is 5.56. The van der Waals surface area contributed by atoms with Gasteiger partial charge in [0.2, 0.25) is 5.91 Å². The highest BCUT2D eigenvalue weighted by Crippen LogP contribution is 2.30. The fourth-order valence-electron chi connectivity index (χ4n) is 2.30. The van der Waals surface area contributed by atoms with E-state index >= 15 is 0 Å². The average Bonchev–Trinajstić information content (AvgIpc) is 2.25. The minimum absolute atomic E-state index is 0.125. The van der Waals surface area contributed by atoms with Crippen LogP contribution in [0.2, 0.25) is 0 Å². The molecule has 0 unspecified atom stereocenters. The van der Waals surface area contributed by atoms with Crippen LogP contribution in [0.3, 0.4) is 0 Å². The third-order valence-corrected chi connectivity index (χ3v) is 3.72. The molecule has 1 heterocycles. The molecule has 0 atom stereocenters. The molecule has 2 N–H and O–H groups in total. The van der Waals surface area contributed by atoms with Crippen molar-refractivity contribution in [3.05, 3.63) is 0 Å². The Morgan fingerprint density at radius 3 is 2.62 bits per heavy atom. The fraction of sp³-hybridized carbons (Fsp3) is 0.917. The largest absolute Gasteiger partial charge is 0.381 e. The van der Waals surface area contributed by atoms with E-state index in [0.717, 1.165) is 26.1 Å². The van der Waals surface area contributed by atoms with Gasteiger partial charge in [0.25, 0.3) is 0 Å². The molecular weight excluding hydrogens is 204 g/mol. The Morgan fingerprint density at radius 1 is 1.38 bits per heavy atom. The van der Waals surface area contributed by atoms with Crippen molar-refractivity contribution in [1.82, 2.24) is 10.6 Å². The summed E-state index contributed by atoms with van der Waals surface area (Å²) in [6.45, 7) is 4.19. The second-order valence-corrected chi connectivity index (χ2v) is 5.22. The van der Waals surface area contributed by atoms with Gasteiger partial charge in [0.05, 0.1) is 6.54 Å². The lowest BCUT2D eigenvalue weighted by molar-refractivity contribution is -0.122. The topological polar surface area (TPSA) is 50.4 Å². The molecule has 0 aromatic rings. The number of ether oxygens (including phenoxy) is 1. The van der Waals surface area contributed by atoms with Crippen LogP contribution in [-0.2, 0) is 9.53 Å². The van der Waals surface area contributed by atoms with Crippen LogP contribution >= 0.6 is 0 Å². The minimum Gasteiger partial charge on any atom is -0.381 e. The summed E-state index contributed by atoms with van der Waals surface area (Å²) in [5.74, 6) is 0.125. The Morgan fingerprint density at radius 2 is 2.06 bits per heavy atom. The molecule has 16 heavy (non-hydrogen) atoms. The van der Waals surface area contributed by atoms with Crippen molar-refractivity contribution in [2.24, 2.45) is 0 Å². The van der Waals surface area contributed by atoms with Crippen molar-refractivity contribution in [3.8, 4) is 0 Å². The Hall–Kier alpha value is -0.610. The number of carbonyl (C=O) groups excluding carboxylic acids is 1. The SMILES string of the molecule is CC1(NCC(=O)NC2CCOCC2)CCC1. The van der Waals surface area contributed by atoms with Gasteiger partial charge in [0.15, 0.2) is 0 Å². The summed E-state index contributed by atoms with van der Waals surface area (Å²) in [5.41, 5.74) is 0.215. The van der Waals surface area contributed by atoms with Crippen LogP contribution in [0.25, 0.3) is 0 Å². The van der Waals surface area contributed by atoms with E-state index < -0.39 is 0 Å². The third kappa shape index (κ3) is 3.19. The van der Waals surface area contributed by atoms with Crippen molar-refractivity contribution in [3.63, 3.8) is 0 Å². The van der Waals surface area contributed by atoms with Crippen LogP contribution < -0.4 is 10.6 Å². The van der Waals surface area contributed by atoms with Crippen molar-refractivity contribution < 1.29 is 9.53 Å². The first kappa shape index (κ1) is 11.9. The highest BCUT2D eigenvalue weighted by atomic mass is 16.5. The number of carbonyl (C=O) groups is 1. The lowest BCUT2D eigenvalue weighted by atomic mass is 9.78. The van der Waals surface area contributed by atoms with Gasteiger partial charge < -0.3 is 15.4 Å². The molecule has 0 spiro atoms. The van der Waals surface area contributed by atoms with Gasteiger partial charge in [0.1, 0.15) is 0 Å². The summed E-state index contributed by atoms with van der Waals surface area (Å²) in [4.78, 5) is 11.7. The molecule has 2 rings (SSSR count). The predicted molar refractivity (Wildman–Crippen MR) is 62.2 cm³/mol. The highest BCUT2D eigenvalue weighted by Gasteiger charge is 2.31. The molecule has 1 saturated heterocycles. The molecule has 4 heteroatoms. The molecule has 0 aromatic heterocycles. The van der Waals surface area contributed by atoms with Gasteiger partial charge in [-0.1, -0.05) is 0 Å². The van der Waals surface area contributed by atoms with Crippen LogP contribution in [0.15, 0.2) is 0 Å². The second-order valence-electron chi connectivity index (χ2n) is 5.22. The number of hydrogen-bond donors (Lipinski definition) is 2. The number of rotatable bonds is 4. The van der Waals surface area contributed by atoms with Crippen molar-refractivity contribution in [2.75, 3.05) is 19.8 Å². The first-order valence-electron chi connectivity index (χ1n) is 6.30. The molecule has 1 amide bonds. The Labute approximate surface area is 97.1 Å². The molecular formula is C12H22N2O2. The molecule has 1 saturated carbocycles. The maximum Gasteiger partial charge on any atom is 0.234 e. The first-order chi connectivity index (χ1) is 7.68. The maximum atomic E-state index is 11.7. The summed E-state index contributed by atoms with van der Waals surface area (Å²) >= 11 is 0. The predicted octanol–water partition coefficient (Wildman–Crippen LogP) is 0.814. The lowest BCUT2D eigenvalue weighted by Crippen LogP contribution is -2.52. The van der Waals surface area contributed by atoms with Crippen molar-refractivity contribution in [1.29, 1.82) is 0 Å². The smallest absolute Gasteiger partial charge is 0.234 e. The van der Waals surface area contributed by atoms with Gasteiger partial charge >= 0.3 is 0 Å². The zero-order chi connectivity index (χ0) is 11.4. The Bertz CT molecular complexity index is 245.